The van der Waals surface area contributed by atoms with Crippen LogP contribution in [0.2, 0.25) is 5.02 Å². The van der Waals surface area contributed by atoms with Crippen LogP contribution in [0.1, 0.15) is 29.8 Å². The molecule has 0 N–H and O–H groups in total. The lowest BCUT2D eigenvalue weighted by Crippen LogP contribution is -2.38. The van der Waals surface area contributed by atoms with Gasteiger partial charge in [0.05, 0.1) is 0 Å². The molecule has 0 unspecified atom stereocenters. The van der Waals surface area contributed by atoms with Gasteiger partial charge in [-0.25, -0.2) is 0 Å². The first-order valence-electron chi connectivity index (χ1n) is 8.41. The van der Waals surface area contributed by atoms with E-state index < -0.39 is 0 Å². The molecule has 0 aromatic heterocycles. The fourth-order valence-corrected chi connectivity index (χ4v) is 2.73. The van der Waals surface area contributed by atoms with E-state index in [0.717, 1.165) is 25.3 Å². The maximum atomic E-state index is 13.0. The quantitative estimate of drug-likeness (QED) is 0.730. The average Bonchev–Trinajstić information content (AvgIpc) is 2.60. The molecule has 2 rings (SSSR count). The van der Waals surface area contributed by atoms with Gasteiger partial charge in [-0.2, -0.15) is 0 Å². The zero-order valence-electron chi connectivity index (χ0n) is 14.6. The highest BCUT2D eigenvalue weighted by Gasteiger charge is 2.18. The van der Waals surface area contributed by atoms with Gasteiger partial charge in [-0.1, -0.05) is 43.1 Å². The van der Waals surface area contributed by atoms with Gasteiger partial charge in [0, 0.05) is 29.4 Å². The lowest BCUT2D eigenvalue weighted by Gasteiger charge is -2.27. The van der Waals surface area contributed by atoms with Crippen LogP contribution in [-0.4, -0.2) is 37.0 Å². The van der Waals surface area contributed by atoms with Gasteiger partial charge in [0.1, 0.15) is 0 Å². The molecule has 0 heterocycles. The van der Waals surface area contributed by atoms with E-state index >= 15 is 0 Å². The second-order valence-corrected chi connectivity index (χ2v) is 6.26. The predicted octanol–water partition coefficient (Wildman–Crippen LogP) is 4.64. The number of carbonyl (C=O) groups excluding carboxylic acids is 1. The van der Waals surface area contributed by atoms with E-state index in [1.807, 2.05) is 36.1 Å². The van der Waals surface area contributed by atoms with Crippen molar-refractivity contribution in [1.29, 1.82) is 0 Å². The van der Waals surface area contributed by atoms with Crippen molar-refractivity contribution in [2.75, 3.05) is 31.1 Å². The van der Waals surface area contributed by atoms with Crippen molar-refractivity contribution in [1.82, 2.24) is 4.90 Å². The molecule has 24 heavy (non-hydrogen) atoms. The molecule has 0 saturated carbocycles. The van der Waals surface area contributed by atoms with E-state index in [1.165, 1.54) is 5.56 Å². The Morgan fingerprint density at radius 3 is 2.04 bits per heavy atom. The van der Waals surface area contributed by atoms with Crippen LogP contribution >= 0.6 is 11.6 Å². The topological polar surface area (TPSA) is 23.6 Å². The van der Waals surface area contributed by atoms with Gasteiger partial charge in [-0.3, -0.25) is 4.79 Å². The Bertz CT molecular complexity index is 648. The van der Waals surface area contributed by atoms with Gasteiger partial charge in [0.25, 0.3) is 5.91 Å². The molecule has 1 amide bonds. The highest BCUT2D eigenvalue weighted by Crippen LogP contribution is 2.19. The van der Waals surface area contributed by atoms with Crippen LogP contribution in [0.15, 0.2) is 48.5 Å². The van der Waals surface area contributed by atoms with Gasteiger partial charge in [0.2, 0.25) is 0 Å². The summed E-state index contributed by atoms with van der Waals surface area (Å²) in [4.78, 5) is 17.2. The van der Waals surface area contributed by atoms with Gasteiger partial charge < -0.3 is 9.80 Å². The number of amides is 1. The number of hydrogen-bond acceptors (Lipinski definition) is 2. The third-order valence-electron chi connectivity index (χ3n) is 4.22. The summed E-state index contributed by atoms with van der Waals surface area (Å²) in [5.41, 5.74) is 2.76. The summed E-state index contributed by atoms with van der Waals surface area (Å²) in [6, 6.07) is 15.2. The van der Waals surface area contributed by atoms with Crippen LogP contribution in [-0.2, 0) is 0 Å². The Kier molecular flexibility index (Phi) is 6.83. The number of carbonyl (C=O) groups is 1. The van der Waals surface area contributed by atoms with Crippen LogP contribution in [0, 0.1) is 6.92 Å². The van der Waals surface area contributed by atoms with Crippen molar-refractivity contribution in [2.45, 2.75) is 20.8 Å². The minimum Gasteiger partial charge on any atom is -0.307 e. The minimum absolute atomic E-state index is 0.00248. The van der Waals surface area contributed by atoms with Gasteiger partial charge >= 0.3 is 0 Å². The third kappa shape index (κ3) is 4.83. The van der Waals surface area contributed by atoms with E-state index in [1.54, 1.807) is 24.3 Å². The van der Waals surface area contributed by atoms with Crippen molar-refractivity contribution in [3.8, 4) is 0 Å². The van der Waals surface area contributed by atoms with Crippen molar-refractivity contribution >= 4 is 23.2 Å². The molecule has 0 aliphatic rings. The fraction of sp³-hybridized carbons (Fsp3) is 0.350. The summed E-state index contributed by atoms with van der Waals surface area (Å²) in [6.45, 7) is 9.79. The Labute approximate surface area is 149 Å². The van der Waals surface area contributed by atoms with Crippen LogP contribution < -0.4 is 4.90 Å². The fourth-order valence-electron chi connectivity index (χ4n) is 2.60. The monoisotopic (exact) mass is 344 g/mol. The molecule has 4 heteroatoms. The zero-order chi connectivity index (χ0) is 17.5. The average molecular weight is 345 g/mol. The molecule has 0 aliphatic heterocycles. The third-order valence-corrected chi connectivity index (χ3v) is 4.47. The van der Waals surface area contributed by atoms with Crippen LogP contribution in [0.4, 0.5) is 5.69 Å². The molecular formula is C20H25ClN2O. The molecule has 0 spiro atoms. The largest absolute Gasteiger partial charge is 0.307 e. The second kappa shape index (κ2) is 8.86. The molecule has 0 radical (unpaired) electrons. The number of benzene rings is 2. The van der Waals surface area contributed by atoms with Crippen LogP contribution in [0.5, 0.6) is 0 Å². The Morgan fingerprint density at radius 1 is 0.917 bits per heavy atom. The second-order valence-electron chi connectivity index (χ2n) is 5.83. The van der Waals surface area contributed by atoms with E-state index in [-0.39, 0.29) is 5.91 Å². The Morgan fingerprint density at radius 2 is 1.50 bits per heavy atom. The number of aryl methyl sites for hydroxylation is 1. The summed E-state index contributed by atoms with van der Waals surface area (Å²) in [7, 11) is 0. The lowest BCUT2D eigenvalue weighted by molar-refractivity contribution is 0.0984. The molecule has 2 aromatic carbocycles. The summed E-state index contributed by atoms with van der Waals surface area (Å²) >= 11 is 5.94. The Hall–Kier alpha value is -1.84. The summed E-state index contributed by atoms with van der Waals surface area (Å²) in [5.74, 6) is 0.00248. The van der Waals surface area contributed by atoms with Crippen molar-refractivity contribution in [3.63, 3.8) is 0 Å². The Balaban J connectivity index is 2.25. The van der Waals surface area contributed by atoms with Crippen LogP contribution in [0.25, 0.3) is 0 Å². The van der Waals surface area contributed by atoms with Gasteiger partial charge in [-0.15, -0.1) is 0 Å². The van der Waals surface area contributed by atoms with Crippen molar-refractivity contribution in [2.24, 2.45) is 0 Å². The molecule has 0 saturated heterocycles. The predicted molar refractivity (Wildman–Crippen MR) is 102 cm³/mol. The first kappa shape index (κ1) is 18.5. The van der Waals surface area contributed by atoms with Crippen molar-refractivity contribution < 1.29 is 4.79 Å². The molecule has 0 bridgehead atoms. The van der Waals surface area contributed by atoms with E-state index in [4.69, 9.17) is 11.6 Å². The van der Waals surface area contributed by atoms with Gasteiger partial charge in [-0.05, 0) is 56.4 Å². The number of hydrogen-bond donors (Lipinski definition) is 0. The number of nitrogens with zero attached hydrogens (tertiary/aromatic N) is 2. The molecule has 128 valence electrons. The molecule has 0 aliphatic carbocycles. The molecule has 0 atom stereocenters. The molecule has 2 aromatic rings. The number of anilines is 1. The number of rotatable bonds is 7. The first-order chi connectivity index (χ1) is 11.5. The minimum atomic E-state index is 0.00248. The standard InChI is InChI=1S/C20H25ClN2O/c1-4-22(5-2)14-15-23(19-12-6-16(3)7-13-19)20(24)17-8-10-18(21)11-9-17/h6-13H,4-5,14-15H2,1-3H3. The SMILES string of the molecule is CCN(CC)CCN(C(=O)c1ccc(Cl)cc1)c1ccc(C)cc1. The van der Waals surface area contributed by atoms with E-state index in [9.17, 15) is 4.79 Å². The highest BCUT2D eigenvalue weighted by atomic mass is 35.5. The summed E-state index contributed by atoms with van der Waals surface area (Å²) < 4.78 is 0. The molecular weight excluding hydrogens is 320 g/mol. The molecule has 3 nitrogen and oxygen atoms in total. The smallest absolute Gasteiger partial charge is 0.258 e. The van der Waals surface area contributed by atoms with E-state index in [2.05, 4.69) is 18.7 Å². The number of likely N-dealkylation sites (N-methyl/N-ethyl adjacent to an activating group) is 1. The highest BCUT2D eigenvalue weighted by molar-refractivity contribution is 6.30. The summed E-state index contributed by atoms with van der Waals surface area (Å²) in [5, 5.41) is 0.636. The lowest BCUT2D eigenvalue weighted by atomic mass is 10.1. The normalized spacial score (nSPS) is 10.9. The van der Waals surface area contributed by atoms with Gasteiger partial charge in [0.15, 0.2) is 0 Å². The maximum Gasteiger partial charge on any atom is 0.258 e. The maximum absolute atomic E-state index is 13.0. The molecule has 0 fully saturated rings. The first-order valence-corrected chi connectivity index (χ1v) is 8.79. The van der Waals surface area contributed by atoms with E-state index in [0.29, 0.717) is 17.1 Å². The van der Waals surface area contributed by atoms with Crippen molar-refractivity contribution in [3.05, 3.63) is 64.7 Å². The zero-order valence-corrected chi connectivity index (χ0v) is 15.4. The summed E-state index contributed by atoms with van der Waals surface area (Å²) in [6.07, 6.45) is 0. The van der Waals surface area contributed by atoms with Crippen LogP contribution in [0.3, 0.4) is 0 Å². The number of halogens is 1.